The Morgan fingerprint density at radius 1 is 1.02 bits per heavy atom. The summed E-state index contributed by atoms with van der Waals surface area (Å²) >= 11 is 14.8. The Hall–Kier alpha value is -3.83. The zero-order valence-corrected chi connectivity index (χ0v) is 23.4. The number of ketones is 1. The lowest BCUT2D eigenvalue weighted by Gasteiger charge is -2.23. The molecule has 0 fully saturated rings. The quantitative estimate of drug-likeness (QED) is 0.111. The molecule has 3 aromatic carbocycles. The van der Waals surface area contributed by atoms with E-state index >= 15 is 0 Å². The molecule has 1 amide bonds. The number of halogens is 2. The van der Waals surface area contributed by atoms with Gasteiger partial charge >= 0.3 is 0 Å². The van der Waals surface area contributed by atoms with E-state index in [0.717, 1.165) is 16.9 Å². The number of hydrogen-bond donors (Lipinski definition) is 2. The van der Waals surface area contributed by atoms with E-state index in [4.69, 9.17) is 27.6 Å². The van der Waals surface area contributed by atoms with E-state index in [-0.39, 0.29) is 22.2 Å². The van der Waals surface area contributed by atoms with Gasteiger partial charge in [0.2, 0.25) is 10.9 Å². The SMILES string of the molecule is O=C(C1=C(O)C(=O)N(c2nnc(SCc3ccc(Cl)cc3Cl)s2)C1c1cccc(O)c1)c1cc2ccccc2o1. The summed E-state index contributed by atoms with van der Waals surface area (Å²) in [6.45, 7) is 0. The molecule has 1 unspecified atom stereocenters. The maximum Gasteiger partial charge on any atom is 0.296 e. The minimum absolute atomic E-state index is 0.0316. The molecular weight excluding hydrogens is 593 g/mol. The largest absolute Gasteiger partial charge is 0.508 e. The van der Waals surface area contributed by atoms with Crippen LogP contribution in [0.3, 0.4) is 0 Å². The van der Waals surface area contributed by atoms with Gasteiger partial charge in [-0.15, -0.1) is 10.2 Å². The van der Waals surface area contributed by atoms with Crippen LogP contribution in [0.5, 0.6) is 5.75 Å². The zero-order chi connectivity index (χ0) is 28.0. The van der Waals surface area contributed by atoms with Gasteiger partial charge in [0.1, 0.15) is 11.3 Å². The average Bonchev–Trinajstić information content (AvgIpc) is 3.64. The number of amides is 1. The molecule has 2 aromatic heterocycles. The zero-order valence-electron chi connectivity index (χ0n) is 20.2. The van der Waals surface area contributed by atoms with Gasteiger partial charge in [0.05, 0.1) is 11.6 Å². The molecular formula is C28H17Cl2N3O5S2. The monoisotopic (exact) mass is 609 g/mol. The van der Waals surface area contributed by atoms with Gasteiger partial charge in [-0.1, -0.05) is 82.7 Å². The molecule has 40 heavy (non-hydrogen) atoms. The molecule has 2 N–H and O–H groups in total. The summed E-state index contributed by atoms with van der Waals surface area (Å²) in [6.07, 6.45) is 0. The number of fused-ring (bicyclic) bond motifs is 1. The van der Waals surface area contributed by atoms with Crippen LogP contribution in [0.4, 0.5) is 5.13 Å². The van der Waals surface area contributed by atoms with Crippen LogP contribution in [0.1, 0.15) is 27.7 Å². The first-order chi connectivity index (χ1) is 19.3. The first kappa shape index (κ1) is 26.4. The summed E-state index contributed by atoms with van der Waals surface area (Å²) < 4.78 is 6.29. The van der Waals surface area contributed by atoms with E-state index < -0.39 is 23.5 Å². The predicted octanol–water partition coefficient (Wildman–Crippen LogP) is 7.37. The molecule has 200 valence electrons. The highest BCUT2D eigenvalue weighted by Crippen LogP contribution is 2.45. The van der Waals surface area contributed by atoms with E-state index in [1.54, 1.807) is 48.5 Å². The predicted molar refractivity (Wildman–Crippen MR) is 154 cm³/mol. The number of carbonyl (C=O) groups excluding carboxylic acids is 2. The van der Waals surface area contributed by atoms with Gasteiger partial charge < -0.3 is 14.6 Å². The number of aromatic hydroxyl groups is 1. The fraction of sp³-hybridized carbons (Fsp3) is 0.0714. The Morgan fingerprint density at radius 3 is 2.62 bits per heavy atom. The lowest BCUT2D eigenvalue weighted by Crippen LogP contribution is -2.31. The number of phenols is 1. The van der Waals surface area contributed by atoms with Gasteiger partial charge in [0, 0.05) is 21.2 Å². The molecule has 0 bridgehead atoms. The maximum atomic E-state index is 13.7. The van der Waals surface area contributed by atoms with Gasteiger partial charge in [0.25, 0.3) is 5.91 Å². The second-order valence-electron chi connectivity index (χ2n) is 8.79. The Bertz CT molecular complexity index is 1800. The number of carbonyl (C=O) groups is 2. The smallest absolute Gasteiger partial charge is 0.296 e. The summed E-state index contributed by atoms with van der Waals surface area (Å²) in [5, 5.41) is 31.5. The van der Waals surface area contributed by atoms with Crippen molar-refractivity contribution in [2.24, 2.45) is 0 Å². The first-order valence-corrected chi connectivity index (χ1v) is 14.3. The third kappa shape index (κ3) is 4.84. The van der Waals surface area contributed by atoms with Crippen LogP contribution in [0, 0.1) is 0 Å². The van der Waals surface area contributed by atoms with E-state index in [0.29, 0.717) is 36.7 Å². The van der Waals surface area contributed by atoms with E-state index in [9.17, 15) is 19.8 Å². The third-order valence-corrected chi connectivity index (χ3v) is 8.95. The second-order valence-corrected chi connectivity index (χ2v) is 11.8. The van der Waals surface area contributed by atoms with Crippen LogP contribution in [0.2, 0.25) is 10.0 Å². The summed E-state index contributed by atoms with van der Waals surface area (Å²) in [5.74, 6) is -1.82. The molecule has 0 radical (unpaired) electrons. The summed E-state index contributed by atoms with van der Waals surface area (Å²) in [5.41, 5.74) is 1.55. The summed E-state index contributed by atoms with van der Waals surface area (Å²) in [6, 6.07) is 18.9. The molecule has 0 saturated carbocycles. The number of thioether (sulfide) groups is 1. The Morgan fingerprint density at radius 2 is 1.85 bits per heavy atom. The van der Waals surface area contributed by atoms with Crippen LogP contribution in [0.25, 0.3) is 11.0 Å². The number of anilines is 1. The van der Waals surface area contributed by atoms with Gasteiger partial charge in [-0.05, 0) is 47.5 Å². The molecule has 0 aliphatic carbocycles. The Labute approximate surface area is 245 Å². The van der Waals surface area contributed by atoms with Gasteiger partial charge in [0.15, 0.2) is 15.9 Å². The fourth-order valence-electron chi connectivity index (χ4n) is 4.41. The summed E-state index contributed by atoms with van der Waals surface area (Å²) in [7, 11) is 0. The lowest BCUT2D eigenvalue weighted by molar-refractivity contribution is -0.117. The molecule has 12 heteroatoms. The van der Waals surface area contributed by atoms with Crippen molar-refractivity contribution in [3.05, 3.63) is 111 Å². The Kier molecular flexibility index (Phi) is 7.01. The van der Waals surface area contributed by atoms with Crippen molar-refractivity contribution < 1.29 is 24.2 Å². The lowest BCUT2D eigenvalue weighted by atomic mass is 9.95. The van der Waals surface area contributed by atoms with Crippen molar-refractivity contribution in [2.45, 2.75) is 16.1 Å². The van der Waals surface area contributed by atoms with Crippen molar-refractivity contribution in [1.82, 2.24) is 10.2 Å². The van der Waals surface area contributed by atoms with Crippen LogP contribution in [-0.2, 0) is 10.5 Å². The minimum atomic E-state index is -1.09. The molecule has 8 nitrogen and oxygen atoms in total. The van der Waals surface area contributed by atoms with Crippen molar-refractivity contribution in [3.8, 4) is 5.75 Å². The fourth-order valence-corrected chi connectivity index (χ4v) is 6.83. The third-order valence-electron chi connectivity index (χ3n) is 6.26. The molecule has 1 aliphatic rings. The van der Waals surface area contributed by atoms with E-state index in [1.165, 1.54) is 28.8 Å². The number of benzene rings is 3. The topological polar surface area (TPSA) is 117 Å². The Balaban J connectivity index is 1.36. The molecule has 5 aromatic rings. The van der Waals surface area contributed by atoms with Crippen LogP contribution < -0.4 is 4.90 Å². The van der Waals surface area contributed by atoms with E-state index in [2.05, 4.69) is 10.2 Å². The van der Waals surface area contributed by atoms with Gasteiger partial charge in [-0.3, -0.25) is 14.5 Å². The number of aromatic nitrogens is 2. The van der Waals surface area contributed by atoms with Crippen LogP contribution in [-0.4, -0.2) is 32.1 Å². The van der Waals surface area contributed by atoms with Crippen LogP contribution in [0.15, 0.2) is 92.9 Å². The molecule has 0 spiro atoms. The summed E-state index contributed by atoms with van der Waals surface area (Å²) in [4.78, 5) is 28.4. The van der Waals surface area contributed by atoms with E-state index in [1.807, 2.05) is 12.1 Å². The maximum absolute atomic E-state index is 13.7. The van der Waals surface area contributed by atoms with Crippen molar-refractivity contribution in [1.29, 1.82) is 0 Å². The van der Waals surface area contributed by atoms with Gasteiger partial charge in [-0.2, -0.15) is 0 Å². The normalized spacial score (nSPS) is 15.4. The number of nitrogens with zero attached hydrogens (tertiary/aromatic N) is 3. The number of aliphatic hydroxyl groups is 1. The van der Waals surface area contributed by atoms with Gasteiger partial charge in [-0.25, -0.2) is 0 Å². The number of Topliss-reactive ketones (excluding diaryl/α,β-unsaturated/α-hetero) is 1. The molecule has 3 heterocycles. The molecule has 1 aliphatic heterocycles. The molecule has 6 rings (SSSR count). The number of phenolic OH excluding ortho intramolecular Hbond substituents is 1. The highest BCUT2D eigenvalue weighted by atomic mass is 35.5. The number of para-hydroxylation sites is 1. The molecule has 0 saturated heterocycles. The first-order valence-electron chi connectivity index (χ1n) is 11.8. The number of furan rings is 1. The highest BCUT2D eigenvalue weighted by molar-refractivity contribution is 8.00. The molecule has 1 atom stereocenters. The second kappa shape index (κ2) is 10.6. The van der Waals surface area contributed by atoms with Crippen molar-refractivity contribution in [2.75, 3.05) is 4.90 Å². The average molecular weight is 611 g/mol. The minimum Gasteiger partial charge on any atom is -0.508 e. The highest BCUT2D eigenvalue weighted by Gasteiger charge is 2.47. The standard InChI is InChI=1S/C28H17Cl2N3O5S2/c29-17-9-8-16(19(30)12-17)13-39-28-32-31-27(40-28)33-23(15-5-3-6-18(34)10-15)22(25(36)26(33)37)24(35)21-11-14-4-1-2-7-20(14)38-21/h1-12,23,34,36H,13H2. The van der Waals surface area contributed by atoms with Crippen LogP contribution >= 0.6 is 46.3 Å². The number of aliphatic hydroxyl groups excluding tert-OH is 1. The number of hydrogen-bond acceptors (Lipinski definition) is 9. The van der Waals surface area contributed by atoms with Crippen molar-refractivity contribution in [3.63, 3.8) is 0 Å². The number of rotatable bonds is 7. The van der Waals surface area contributed by atoms with Crippen molar-refractivity contribution >= 4 is 74.1 Å².